The molecular formula is C10H22O2. The van der Waals surface area contributed by atoms with E-state index in [1.807, 2.05) is 6.92 Å². The lowest BCUT2D eigenvalue weighted by Gasteiger charge is -2.31. The first-order chi connectivity index (χ1) is 5.56. The number of aliphatic hydroxyl groups excluding tert-OH is 1. The Morgan fingerprint density at radius 2 is 2.00 bits per heavy atom. The molecule has 74 valence electrons. The van der Waals surface area contributed by atoms with Crippen LogP contribution in [0.1, 0.15) is 34.1 Å². The smallest absolute Gasteiger partial charge is 0.0488 e. The van der Waals surface area contributed by atoms with Crippen molar-refractivity contribution in [2.45, 2.75) is 34.1 Å². The molecule has 0 heterocycles. The van der Waals surface area contributed by atoms with E-state index in [1.54, 1.807) is 0 Å². The summed E-state index contributed by atoms with van der Waals surface area (Å²) in [5.74, 6) is 0.503. The Bertz CT molecular complexity index is 112. The van der Waals surface area contributed by atoms with E-state index in [2.05, 4.69) is 20.8 Å². The first kappa shape index (κ1) is 11.9. The van der Waals surface area contributed by atoms with Gasteiger partial charge in [-0.2, -0.15) is 0 Å². The van der Waals surface area contributed by atoms with Gasteiger partial charge in [0.25, 0.3) is 0 Å². The number of hydrogen-bond acceptors (Lipinski definition) is 2. The highest BCUT2D eigenvalue weighted by atomic mass is 16.5. The van der Waals surface area contributed by atoms with Gasteiger partial charge in [0.15, 0.2) is 0 Å². The molecule has 0 fully saturated rings. The van der Waals surface area contributed by atoms with Crippen LogP contribution in [0.3, 0.4) is 0 Å². The minimum atomic E-state index is 0.0230. The SMILES string of the molecule is CCOCCC(C)(CO)C(C)C. The lowest BCUT2D eigenvalue weighted by molar-refractivity contribution is 0.0424. The Hall–Kier alpha value is -0.0800. The summed E-state index contributed by atoms with van der Waals surface area (Å²) in [6.45, 7) is 10.1. The van der Waals surface area contributed by atoms with Crippen LogP contribution in [0.2, 0.25) is 0 Å². The predicted molar refractivity (Wildman–Crippen MR) is 51.1 cm³/mol. The van der Waals surface area contributed by atoms with Gasteiger partial charge in [0, 0.05) is 19.8 Å². The molecule has 0 aromatic rings. The van der Waals surface area contributed by atoms with Crippen LogP contribution in [-0.2, 0) is 4.74 Å². The van der Waals surface area contributed by atoms with E-state index >= 15 is 0 Å². The molecule has 0 aliphatic heterocycles. The Morgan fingerprint density at radius 1 is 1.42 bits per heavy atom. The number of ether oxygens (including phenoxy) is 1. The van der Waals surface area contributed by atoms with Crippen LogP contribution in [0.4, 0.5) is 0 Å². The highest BCUT2D eigenvalue weighted by Crippen LogP contribution is 2.29. The van der Waals surface area contributed by atoms with E-state index < -0.39 is 0 Å². The fourth-order valence-electron chi connectivity index (χ4n) is 1.000. The highest BCUT2D eigenvalue weighted by Gasteiger charge is 2.26. The van der Waals surface area contributed by atoms with Gasteiger partial charge in [-0.05, 0) is 24.7 Å². The van der Waals surface area contributed by atoms with E-state index in [9.17, 15) is 5.11 Å². The minimum Gasteiger partial charge on any atom is -0.396 e. The van der Waals surface area contributed by atoms with Crippen LogP contribution < -0.4 is 0 Å². The van der Waals surface area contributed by atoms with Crippen LogP contribution >= 0.6 is 0 Å². The molecule has 0 saturated heterocycles. The Balaban J connectivity index is 3.80. The molecule has 1 unspecified atom stereocenters. The molecular weight excluding hydrogens is 152 g/mol. The van der Waals surface area contributed by atoms with Gasteiger partial charge >= 0.3 is 0 Å². The topological polar surface area (TPSA) is 29.5 Å². The lowest BCUT2D eigenvalue weighted by Crippen LogP contribution is -2.29. The normalized spacial score (nSPS) is 16.5. The molecule has 0 amide bonds. The molecule has 2 heteroatoms. The van der Waals surface area contributed by atoms with Gasteiger partial charge < -0.3 is 9.84 Å². The van der Waals surface area contributed by atoms with Crippen LogP contribution in [-0.4, -0.2) is 24.9 Å². The van der Waals surface area contributed by atoms with Crippen LogP contribution in [0.25, 0.3) is 0 Å². The summed E-state index contributed by atoms with van der Waals surface area (Å²) in [6.07, 6.45) is 0.939. The van der Waals surface area contributed by atoms with Crippen molar-refractivity contribution >= 4 is 0 Å². The fourth-order valence-corrected chi connectivity index (χ4v) is 1.000. The van der Waals surface area contributed by atoms with E-state index in [-0.39, 0.29) is 12.0 Å². The van der Waals surface area contributed by atoms with E-state index in [1.165, 1.54) is 0 Å². The quantitative estimate of drug-likeness (QED) is 0.625. The van der Waals surface area contributed by atoms with E-state index in [0.717, 1.165) is 19.6 Å². The molecule has 1 N–H and O–H groups in total. The minimum absolute atomic E-state index is 0.0230. The summed E-state index contributed by atoms with van der Waals surface area (Å²) in [5, 5.41) is 9.20. The average Bonchev–Trinajstić information content (AvgIpc) is 2.04. The summed E-state index contributed by atoms with van der Waals surface area (Å²) < 4.78 is 5.27. The standard InChI is InChI=1S/C10H22O2/c1-5-12-7-6-10(4,8-11)9(2)3/h9,11H,5-8H2,1-4H3. The molecule has 0 radical (unpaired) electrons. The largest absolute Gasteiger partial charge is 0.396 e. The van der Waals surface area contributed by atoms with Gasteiger partial charge in [-0.3, -0.25) is 0 Å². The molecule has 2 nitrogen and oxygen atoms in total. The van der Waals surface area contributed by atoms with Gasteiger partial charge in [0.05, 0.1) is 0 Å². The molecule has 0 spiro atoms. The highest BCUT2D eigenvalue weighted by molar-refractivity contribution is 4.76. The summed E-state index contributed by atoms with van der Waals surface area (Å²) >= 11 is 0. The van der Waals surface area contributed by atoms with Crippen LogP contribution in [0, 0.1) is 11.3 Å². The third-order valence-corrected chi connectivity index (χ3v) is 2.78. The Labute approximate surface area is 75.9 Å². The predicted octanol–water partition coefficient (Wildman–Crippen LogP) is 2.07. The van der Waals surface area contributed by atoms with E-state index in [0.29, 0.717) is 5.92 Å². The second kappa shape index (κ2) is 5.55. The number of rotatable bonds is 6. The molecule has 0 aliphatic carbocycles. The van der Waals surface area contributed by atoms with Crippen molar-refractivity contribution < 1.29 is 9.84 Å². The van der Waals surface area contributed by atoms with Crippen molar-refractivity contribution in [1.82, 2.24) is 0 Å². The van der Waals surface area contributed by atoms with Crippen LogP contribution in [0.5, 0.6) is 0 Å². The zero-order valence-corrected chi connectivity index (χ0v) is 8.76. The first-order valence-corrected chi connectivity index (χ1v) is 4.75. The van der Waals surface area contributed by atoms with Gasteiger partial charge in [0.2, 0.25) is 0 Å². The first-order valence-electron chi connectivity index (χ1n) is 4.75. The average molecular weight is 174 g/mol. The van der Waals surface area contributed by atoms with Crippen molar-refractivity contribution in [3.8, 4) is 0 Å². The second-order valence-corrected chi connectivity index (χ2v) is 3.91. The Morgan fingerprint density at radius 3 is 2.33 bits per heavy atom. The lowest BCUT2D eigenvalue weighted by atomic mass is 9.77. The molecule has 0 saturated carbocycles. The monoisotopic (exact) mass is 174 g/mol. The Kier molecular flexibility index (Phi) is 5.51. The second-order valence-electron chi connectivity index (χ2n) is 3.91. The van der Waals surface area contributed by atoms with Crippen LogP contribution in [0.15, 0.2) is 0 Å². The molecule has 1 atom stereocenters. The molecule has 0 aromatic carbocycles. The summed E-state index contributed by atoms with van der Waals surface area (Å²) in [5.41, 5.74) is 0.0230. The van der Waals surface area contributed by atoms with Crippen molar-refractivity contribution in [3.05, 3.63) is 0 Å². The zero-order chi connectivity index (χ0) is 9.61. The summed E-state index contributed by atoms with van der Waals surface area (Å²) in [6, 6.07) is 0. The fraction of sp³-hybridized carbons (Fsp3) is 1.00. The summed E-state index contributed by atoms with van der Waals surface area (Å²) in [4.78, 5) is 0. The molecule has 0 aliphatic rings. The maximum Gasteiger partial charge on any atom is 0.0488 e. The van der Waals surface area contributed by atoms with Crippen molar-refractivity contribution in [3.63, 3.8) is 0 Å². The number of hydrogen-bond donors (Lipinski definition) is 1. The van der Waals surface area contributed by atoms with Gasteiger partial charge in [-0.1, -0.05) is 20.8 Å². The van der Waals surface area contributed by atoms with Crippen molar-refractivity contribution in [2.24, 2.45) is 11.3 Å². The van der Waals surface area contributed by atoms with Crippen molar-refractivity contribution in [2.75, 3.05) is 19.8 Å². The third-order valence-electron chi connectivity index (χ3n) is 2.78. The summed E-state index contributed by atoms with van der Waals surface area (Å²) in [7, 11) is 0. The zero-order valence-electron chi connectivity index (χ0n) is 8.76. The van der Waals surface area contributed by atoms with Gasteiger partial charge in [-0.15, -0.1) is 0 Å². The molecule has 12 heavy (non-hydrogen) atoms. The maximum absolute atomic E-state index is 9.20. The van der Waals surface area contributed by atoms with Crippen molar-refractivity contribution in [1.29, 1.82) is 0 Å². The molecule has 0 bridgehead atoms. The van der Waals surface area contributed by atoms with Gasteiger partial charge in [-0.25, -0.2) is 0 Å². The maximum atomic E-state index is 9.20. The van der Waals surface area contributed by atoms with E-state index in [4.69, 9.17) is 4.74 Å². The third kappa shape index (κ3) is 3.55. The molecule has 0 aromatic heterocycles. The number of aliphatic hydroxyl groups is 1. The van der Waals surface area contributed by atoms with Gasteiger partial charge in [0.1, 0.15) is 0 Å². The molecule has 0 rings (SSSR count).